The highest BCUT2D eigenvalue weighted by molar-refractivity contribution is 5.90. The summed E-state index contributed by atoms with van der Waals surface area (Å²) in [5.41, 5.74) is 1.53. The summed E-state index contributed by atoms with van der Waals surface area (Å²) in [7, 11) is 0. The first-order chi connectivity index (χ1) is 9.69. The van der Waals surface area contributed by atoms with E-state index in [9.17, 15) is 9.59 Å². The standard InChI is InChI=1S/C14H15N3O3/c1-2-20-14(19)13-9(7-12(18)16-13)10-8-17-6-4-3-5-11(17)15-10/h3-6,8-9,13H,2,7H2,1H3,(H,16,18). The summed E-state index contributed by atoms with van der Waals surface area (Å²) in [5.74, 6) is -0.827. The third-order valence-electron chi connectivity index (χ3n) is 3.43. The molecule has 2 unspecified atom stereocenters. The van der Waals surface area contributed by atoms with Crippen molar-refractivity contribution in [2.45, 2.75) is 25.3 Å². The molecule has 1 aliphatic heterocycles. The van der Waals surface area contributed by atoms with Crippen molar-refractivity contribution in [3.63, 3.8) is 0 Å². The number of aromatic nitrogens is 2. The molecule has 0 aliphatic carbocycles. The summed E-state index contributed by atoms with van der Waals surface area (Å²) in [6, 6.07) is 5.03. The molecule has 2 atom stereocenters. The first-order valence-corrected chi connectivity index (χ1v) is 6.58. The van der Waals surface area contributed by atoms with E-state index in [1.54, 1.807) is 6.92 Å². The zero-order valence-electron chi connectivity index (χ0n) is 11.1. The molecule has 0 bridgehead atoms. The Balaban J connectivity index is 1.93. The molecule has 1 saturated heterocycles. The lowest BCUT2D eigenvalue weighted by Crippen LogP contribution is -2.37. The normalized spacial score (nSPS) is 21.9. The van der Waals surface area contributed by atoms with Gasteiger partial charge in [0.25, 0.3) is 0 Å². The number of esters is 1. The first kappa shape index (κ1) is 12.7. The zero-order chi connectivity index (χ0) is 14.1. The van der Waals surface area contributed by atoms with Gasteiger partial charge in [-0.1, -0.05) is 6.07 Å². The average Bonchev–Trinajstić information content (AvgIpc) is 3.01. The van der Waals surface area contributed by atoms with E-state index in [2.05, 4.69) is 10.3 Å². The maximum Gasteiger partial charge on any atom is 0.329 e. The van der Waals surface area contributed by atoms with E-state index in [-0.39, 0.29) is 18.2 Å². The molecule has 0 saturated carbocycles. The fourth-order valence-electron chi connectivity index (χ4n) is 2.51. The van der Waals surface area contributed by atoms with Crippen molar-refractivity contribution >= 4 is 17.5 Å². The van der Waals surface area contributed by atoms with Crippen LogP contribution in [-0.2, 0) is 14.3 Å². The SMILES string of the molecule is CCOC(=O)C1NC(=O)CC1c1cn2ccccc2n1. The molecule has 2 aromatic heterocycles. The van der Waals surface area contributed by atoms with Crippen LogP contribution in [0.25, 0.3) is 5.65 Å². The second-order valence-electron chi connectivity index (χ2n) is 4.74. The molecule has 0 radical (unpaired) electrons. The van der Waals surface area contributed by atoms with Gasteiger partial charge < -0.3 is 14.5 Å². The molecule has 6 nitrogen and oxygen atoms in total. The number of nitrogens with one attached hydrogen (secondary N) is 1. The fourth-order valence-corrected chi connectivity index (χ4v) is 2.51. The van der Waals surface area contributed by atoms with E-state index < -0.39 is 12.0 Å². The quantitative estimate of drug-likeness (QED) is 0.842. The molecule has 1 fully saturated rings. The molecule has 20 heavy (non-hydrogen) atoms. The lowest BCUT2D eigenvalue weighted by Gasteiger charge is -2.15. The molecular weight excluding hydrogens is 258 g/mol. The smallest absolute Gasteiger partial charge is 0.329 e. The van der Waals surface area contributed by atoms with Gasteiger partial charge in [0, 0.05) is 24.7 Å². The van der Waals surface area contributed by atoms with E-state index >= 15 is 0 Å². The van der Waals surface area contributed by atoms with E-state index in [1.807, 2.05) is 35.0 Å². The van der Waals surface area contributed by atoms with Gasteiger partial charge in [0.2, 0.25) is 5.91 Å². The Morgan fingerprint density at radius 1 is 1.55 bits per heavy atom. The number of carbonyl (C=O) groups excluding carboxylic acids is 2. The van der Waals surface area contributed by atoms with E-state index in [0.717, 1.165) is 11.3 Å². The first-order valence-electron chi connectivity index (χ1n) is 6.58. The molecule has 1 amide bonds. The van der Waals surface area contributed by atoms with Crippen molar-refractivity contribution in [1.29, 1.82) is 0 Å². The minimum absolute atomic E-state index is 0.148. The molecule has 1 N–H and O–H groups in total. The number of amides is 1. The van der Waals surface area contributed by atoms with Crippen molar-refractivity contribution in [3.8, 4) is 0 Å². The van der Waals surface area contributed by atoms with E-state index in [1.165, 1.54) is 0 Å². The van der Waals surface area contributed by atoms with Gasteiger partial charge >= 0.3 is 5.97 Å². The highest BCUT2D eigenvalue weighted by Crippen LogP contribution is 2.28. The van der Waals surface area contributed by atoms with Crippen LogP contribution in [0.5, 0.6) is 0 Å². The third kappa shape index (κ3) is 2.13. The number of nitrogens with zero attached hydrogens (tertiary/aromatic N) is 2. The summed E-state index contributed by atoms with van der Waals surface area (Å²) >= 11 is 0. The molecule has 3 heterocycles. The number of hydrogen-bond acceptors (Lipinski definition) is 4. The number of ether oxygens (including phenoxy) is 1. The van der Waals surface area contributed by atoms with Gasteiger partial charge in [-0.05, 0) is 19.1 Å². The maximum atomic E-state index is 11.9. The molecule has 3 rings (SSSR count). The molecular formula is C14H15N3O3. The Hall–Kier alpha value is -2.37. The fraction of sp³-hybridized carbons (Fsp3) is 0.357. The van der Waals surface area contributed by atoms with Gasteiger partial charge in [-0.3, -0.25) is 4.79 Å². The molecule has 0 spiro atoms. The summed E-state index contributed by atoms with van der Waals surface area (Å²) in [6.45, 7) is 2.04. The lowest BCUT2D eigenvalue weighted by molar-refractivity contribution is -0.146. The lowest BCUT2D eigenvalue weighted by atomic mass is 9.97. The maximum absolute atomic E-state index is 11.9. The topological polar surface area (TPSA) is 72.7 Å². The molecule has 1 aliphatic rings. The van der Waals surface area contributed by atoms with Crippen molar-refractivity contribution in [1.82, 2.24) is 14.7 Å². The number of pyridine rings is 1. The largest absolute Gasteiger partial charge is 0.464 e. The Morgan fingerprint density at radius 2 is 2.40 bits per heavy atom. The predicted octanol–water partition coefficient (Wildman–Crippen LogP) is 0.869. The van der Waals surface area contributed by atoms with Crippen molar-refractivity contribution in [2.75, 3.05) is 6.61 Å². The van der Waals surface area contributed by atoms with Crippen LogP contribution >= 0.6 is 0 Å². The number of carbonyl (C=O) groups is 2. The van der Waals surface area contributed by atoms with Gasteiger partial charge in [0.15, 0.2) is 0 Å². The highest BCUT2D eigenvalue weighted by atomic mass is 16.5. The minimum Gasteiger partial charge on any atom is -0.464 e. The second kappa shape index (κ2) is 4.96. The molecule has 104 valence electrons. The van der Waals surface area contributed by atoms with Crippen molar-refractivity contribution in [3.05, 3.63) is 36.3 Å². The van der Waals surface area contributed by atoms with Gasteiger partial charge in [-0.25, -0.2) is 9.78 Å². The van der Waals surface area contributed by atoms with Gasteiger partial charge in [-0.2, -0.15) is 0 Å². The Bertz CT molecular complexity index is 631. The van der Waals surface area contributed by atoms with Gasteiger partial charge in [-0.15, -0.1) is 0 Å². The Kier molecular flexibility index (Phi) is 3.14. The highest BCUT2D eigenvalue weighted by Gasteiger charge is 2.40. The van der Waals surface area contributed by atoms with Crippen LogP contribution in [0.15, 0.2) is 30.6 Å². The predicted molar refractivity (Wildman–Crippen MR) is 71.1 cm³/mol. The van der Waals surface area contributed by atoms with Gasteiger partial charge in [0.1, 0.15) is 11.7 Å². The van der Waals surface area contributed by atoms with E-state index in [0.29, 0.717) is 6.61 Å². The third-order valence-corrected chi connectivity index (χ3v) is 3.43. The monoisotopic (exact) mass is 273 g/mol. The second-order valence-corrected chi connectivity index (χ2v) is 4.74. The van der Waals surface area contributed by atoms with Crippen LogP contribution in [0, 0.1) is 0 Å². The van der Waals surface area contributed by atoms with E-state index in [4.69, 9.17) is 4.74 Å². The van der Waals surface area contributed by atoms with Crippen LogP contribution in [-0.4, -0.2) is 33.9 Å². The number of fused-ring (bicyclic) bond motifs is 1. The van der Waals surface area contributed by atoms with Crippen molar-refractivity contribution in [2.24, 2.45) is 0 Å². The van der Waals surface area contributed by atoms with Crippen molar-refractivity contribution < 1.29 is 14.3 Å². The number of hydrogen-bond donors (Lipinski definition) is 1. The molecule has 2 aromatic rings. The average molecular weight is 273 g/mol. The minimum atomic E-state index is -0.646. The summed E-state index contributed by atoms with van der Waals surface area (Å²) in [4.78, 5) is 28.0. The van der Waals surface area contributed by atoms with Gasteiger partial charge in [0.05, 0.1) is 12.3 Å². The molecule has 6 heteroatoms. The van der Waals surface area contributed by atoms with Crippen LogP contribution in [0.2, 0.25) is 0 Å². The van der Waals surface area contributed by atoms with Crippen LogP contribution in [0.4, 0.5) is 0 Å². The number of rotatable bonds is 3. The number of imidazole rings is 1. The zero-order valence-corrected chi connectivity index (χ0v) is 11.1. The Labute approximate surface area is 115 Å². The Morgan fingerprint density at radius 3 is 3.15 bits per heavy atom. The summed E-state index contributed by atoms with van der Waals surface area (Å²) < 4.78 is 6.89. The van der Waals surface area contributed by atoms with Crippen LogP contribution < -0.4 is 5.32 Å². The summed E-state index contributed by atoms with van der Waals surface area (Å²) in [6.07, 6.45) is 4.00. The van der Waals surface area contributed by atoms with Crippen LogP contribution in [0.3, 0.4) is 0 Å². The van der Waals surface area contributed by atoms with Crippen LogP contribution in [0.1, 0.15) is 25.0 Å². The molecule has 0 aromatic carbocycles. The summed E-state index contributed by atoms with van der Waals surface area (Å²) in [5, 5.41) is 2.67.